The molecule has 2 rings (SSSR count). The van der Waals surface area contributed by atoms with Gasteiger partial charge in [0.15, 0.2) is 9.84 Å². The molecule has 0 aliphatic rings. The van der Waals surface area contributed by atoms with Crippen molar-refractivity contribution in [1.29, 1.82) is 0 Å². The molecule has 0 heterocycles. The Hall–Kier alpha value is -2.83. The molecule has 0 aliphatic carbocycles. The molecule has 8 nitrogen and oxygen atoms in total. The Kier molecular flexibility index (Phi) is 7.06. The molecule has 0 aromatic heterocycles. The van der Waals surface area contributed by atoms with Gasteiger partial charge in [0.2, 0.25) is 6.41 Å². The number of benzene rings is 2. The van der Waals surface area contributed by atoms with Crippen LogP contribution in [-0.2, 0) is 14.6 Å². The van der Waals surface area contributed by atoms with E-state index in [2.05, 4.69) is 4.74 Å². The summed E-state index contributed by atoms with van der Waals surface area (Å²) in [6, 6.07) is 8.33. The SMILES string of the molecule is O=CN(O)C(CO)CS(=O)(=O)c1ccc(Oc2ccc(OC(F)(F)F)cc2)cc1. The molecule has 0 saturated carbocycles. The first-order valence-corrected chi connectivity index (χ1v) is 9.59. The van der Waals surface area contributed by atoms with Crippen molar-refractivity contribution in [1.82, 2.24) is 5.06 Å². The highest BCUT2D eigenvalue weighted by molar-refractivity contribution is 7.91. The van der Waals surface area contributed by atoms with E-state index in [9.17, 15) is 31.6 Å². The maximum atomic E-state index is 12.3. The minimum Gasteiger partial charge on any atom is -0.457 e. The van der Waals surface area contributed by atoms with Crippen LogP contribution in [0.4, 0.5) is 13.2 Å². The van der Waals surface area contributed by atoms with E-state index in [1.807, 2.05) is 0 Å². The van der Waals surface area contributed by atoms with Crippen molar-refractivity contribution in [2.75, 3.05) is 12.4 Å². The summed E-state index contributed by atoms with van der Waals surface area (Å²) in [5.41, 5.74) is 0. The monoisotopic (exact) mass is 435 g/mol. The van der Waals surface area contributed by atoms with Crippen LogP contribution >= 0.6 is 0 Å². The van der Waals surface area contributed by atoms with Crippen LogP contribution in [0.15, 0.2) is 53.4 Å². The number of carbonyl (C=O) groups excluding carboxylic acids is 1. The molecule has 1 atom stereocenters. The highest BCUT2D eigenvalue weighted by Gasteiger charge is 2.31. The number of sulfone groups is 1. The molecule has 1 amide bonds. The Morgan fingerprint density at radius 2 is 1.48 bits per heavy atom. The zero-order chi connectivity index (χ0) is 21.7. The van der Waals surface area contributed by atoms with Crippen LogP contribution in [0.2, 0.25) is 0 Å². The van der Waals surface area contributed by atoms with Crippen molar-refractivity contribution < 1.29 is 46.2 Å². The minimum atomic E-state index is -4.81. The van der Waals surface area contributed by atoms with Crippen molar-refractivity contribution in [3.63, 3.8) is 0 Å². The van der Waals surface area contributed by atoms with E-state index in [4.69, 9.17) is 9.84 Å². The minimum absolute atomic E-state index is 0.0155. The highest BCUT2D eigenvalue weighted by atomic mass is 32.2. The maximum absolute atomic E-state index is 12.3. The molecule has 1 unspecified atom stereocenters. The van der Waals surface area contributed by atoms with Crippen LogP contribution in [0.5, 0.6) is 17.2 Å². The van der Waals surface area contributed by atoms with Crippen LogP contribution in [0.3, 0.4) is 0 Å². The molecule has 2 N–H and O–H groups in total. The third-order valence-electron chi connectivity index (χ3n) is 3.58. The van der Waals surface area contributed by atoms with Crippen LogP contribution in [0.25, 0.3) is 0 Å². The van der Waals surface area contributed by atoms with Gasteiger partial charge in [-0.3, -0.25) is 10.0 Å². The first kappa shape index (κ1) is 22.5. The summed E-state index contributed by atoms with van der Waals surface area (Å²) in [5.74, 6) is -0.723. The molecule has 0 saturated heterocycles. The summed E-state index contributed by atoms with van der Waals surface area (Å²) in [6.45, 7) is -0.760. The summed E-state index contributed by atoms with van der Waals surface area (Å²) in [7, 11) is -3.94. The van der Waals surface area contributed by atoms with Gasteiger partial charge in [-0.15, -0.1) is 13.2 Å². The Balaban J connectivity index is 2.07. The predicted octanol–water partition coefficient (Wildman–Crippen LogP) is 2.36. The predicted molar refractivity (Wildman–Crippen MR) is 92.3 cm³/mol. The van der Waals surface area contributed by atoms with Gasteiger partial charge in [-0.05, 0) is 48.5 Å². The molecule has 2 aromatic carbocycles. The smallest absolute Gasteiger partial charge is 0.457 e. The van der Waals surface area contributed by atoms with Crippen molar-refractivity contribution >= 4 is 16.2 Å². The molecule has 0 fully saturated rings. The van der Waals surface area contributed by atoms with Gasteiger partial charge in [-0.2, -0.15) is 0 Å². The fourth-order valence-corrected chi connectivity index (χ4v) is 3.72. The highest BCUT2D eigenvalue weighted by Crippen LogP contribution is 2.28. The van der Waals surface area contributed by atoms with Gasteiger partial charge in [-0.25, -0.2) is 13.5 Å². The van der Waals surface area contributed by atoms with E-state index in [-0.39, 0.29) is 27.9 Å². The molecule has 12 heteroatoms. The number of nitrogens with zero attached hydrogens (tertiary/aromatic N) is 1. The van der Waals surface area contributed by atoms with E-state index >= 15 is 0 Å². The number of aliphatic hydroxyl groups excluding tert-OH is 1. The summed E-state index contributed by atoms with van der Waals surface area (Å²) >= 11 is 0. The average Bonchev–Trinajstić information content (AvgIpc) is 2.66. The number of alkyl halides is 3. The molecule has 0 aliphatic heterocycles. The lowest BCUT2D eigenvalue weighted by Gasteiger charge is -2.20. The van der Waals surface area contributed by atoms with Crippen LogP contribution in [0.1, 0.15) is 0 Å². The number of hydrogen-bond acceptors (Lipinski definition) is 7. The molecule has 2 aromatic rings. The lowest BCUT2D eigenvalue weighted by Crippen LogP contribution is -2.39. The second-order valence-corrected chi connectivity index (χ2v) is 7.73. The zero-order valence-corrected chi connectivity index (χ0v) is 15.4. The fourth-order valence-electron chi connectivity index (χ4n) is 2.21. The Bertz CT molecular complexity index is 916. The van der Waals surface area contributed by atoms with Crippen molar-refractivity contribution in [3.8, 4) is 17.2 Å². The van der Waals surface area contributed by atoms with E-state index in [1.165, 1.54) is 36.4 Å². The zero-order valence-electron chi connectivity index (χ0n) is 14.6. The van der Waals surface area contributed by atoms with Crippen LogP contribution in [0, 0.1) is 0 Å². The fraction of sp³-hybridized carbons (Fsp3) is 0.235. The van der Waals surface area contributed by atoms with E-state index in [0.29, 0.717) is 0 Å². The second kappa shape index (κ2) is 9.11. The van der Waals surface area contributed by atoms with E-state index < -0.39 is 40.4 Å². The van der Waals surface area contributed by atoms with Gasteiger partial charge in [0, 0.05) is 0 Å². The number of hydrogen-bond donors (Lipinski definition) is 2. The van der Waals surface area contributed by atoms with Gasteiger partial charge in [0.1, 0.15) is 17.2 Å². The normalized spacial score (nSPS) is 12.9. The topological polar surface area (TPSA) is 113 Å². The van der Waals surface area contributed by atoms with Gasteiger partial charge < -0.3 is 14.6 Å². The van der Waals surface area contributed by atoms with Crippen molar-refractivity contribution in [2.45, 2.75) is 17.3 Å². The summed E-state index contributed by atoms with van der Waals surface area (Å²) in [6.07, 6.45) is -4.82. The Labute approximate surface area is 163 Å². The molecule has 158 valence electrons. The van der Waals surface area contributed by atoms with Gasteiger partial charge in [0.05, 0.1) is 23.3 Å². The molecule has 0 spiro atoms. The number of amides is 1. The van der Waals surface area contributed by atoms with Crippen LogP contribution < -0.4 is 9.47 Å². The van der Waals surface area contributed by atoms with Gasteiger partial charge in [0.25, 0.3) is 0 Å². The summed E-state index contributed by atoms with van der Waals surface area (Å²) in [5, 5.41) is 18.4. The molecule has 29 heavy (non-hydrogen) atoms. The first-order chi connectivity index (χ1) is 13.5. The molecular weight excluding hydrogens is 419 g/mol. The summed E-state index contributed by atoms with van der Waals surface area (Å²) < 4.78 is 70.2. The second-order valence-electron chi connectivity index (χ2n) is 5.70. The van der Waals surface area contributed by atoms with Crippen LogP contribution in [-0.4, -0.2) is 55.0 Å². The number of hydroxylamine groups is 2. The Morgan fingerprint density at radius 1 is 1.00 bits per heavy atom. The third-order valence-corrected chi connectivity index (χ3v) is 5.39. The largest absolute Gasteiger partial charge is 0.573 e. The number of carbonyl (C=O) groups is 1. The third kappa shape index (κ3) is 6.62. The Morgan fingerprint density at radius 3 is 1.93 bits per heavy atom. The molecular formula is C17H16F3NO7S. The number of rotatable bonds is 9. The van der Waals surface area contributed by atoms with Gasteiger partial charge in [-0.1, -0.05) is 0 Å². The standard InChI is InChI=1S/C17H16F3NO7S/c18-17(19,20)28-15-3-1-13(2-4-15)27-14-5-7-16(8-6-14)29(25,26)10-12(9-22)21(24)11-23/h1-8,11-12,22,24H,9-10H2. The average molecular weight is 435 g/mol. The number of aliphatic hydroxyl groups is 1. The number of ether oxygens (including phenoxy) is 2. The van der Waals surface area contributed by atoms with Gasteiger partial charge >= 0.3 is 6.36 Å². The summed E-state index contributed by atoms with van der Waals surface area (Å²) in [4.78, 5) is 10.4. The lowest BCUT2D eigenvalue weighted by atomic mass is 10.3. The quantitative estimate of drug-likeness (QED) is 0.353. The van der Waals surface area contributed by atoms with Crippen molar-refractivity contribution in [3.05, 3.63) is 48.5 Å². The van der Waals surface area contributed by atoms with Crippen molar-refractivity contribution in [2.24, 2.45) is 0 Å². The first-order valence-electron chi connectivity index (χ1n) is 7.94. The molecule has 0 bridgehead atoms. The maximum Gasteiger partial charge on any atom is 0.573 e. The number of halogens is 3. The lowest BCUT2D eigenvalue weighted by molar-refractivity contribution is -0.274. The molecule has 0 radical (unpaired) electrons. The van der Waals surface area contributed by atoms with E-state index in [1.54, 1.807) is 0 Å². The van der Waals surface area contributed by atoms with E-state index in [0.717, 1.165) is 12.1 Å².